The van der Waals surface area contributed by atoms with Crippen LogP contribution in [0.15, 0.2) is 35.7 Å². The van der Waals surface area contributed by atoms with Crippen molar-refractivity contribution >= 4 is 28.2 Å². The molecule has 0 aliphatic heterocycles. The Morgan fingerprint density at radius 3 is 2.65 bits per heavy atom. The van der Waals surface area contributed by atoms with Gasteiger partial charge in [-0.3, -0.25) is 9.59 Å². The summed E-state index contributed by atoms with van der Waals surface area (Å²) in [7, 11) is 0. The van der Waals surface area contributed by atoms with E-state index >= 15 is 0 Å². The number of Topliss-reactive ketones (excluding diaryl/α,β-unsaturated/α-hetero) is 1. The Balaban J connectivity index is 1.95. The SMILES string of the molecule is CC(=O)c1csc(NC(=O)[C@@H](N)Cc2ccccc2)n1. The van der Waals surface area contributed by atoms with E-state index < -0.39 is 6.04 Å². The van der Waals surface area contributed by atoms with Crippen molar-refractivity contribution in [1.29, 1.82) is 0 Å². The van der Waals surface area contributed by atoms with Crippen molar-refractivity contribution in [1.82, 2.24) is 4.98 Å². The molecule has 3 N–H and O–H groups in total. The number of nitrogens with zero attached hydrogens (tertiary/aromatic N) is 1. The lowest BCUT2D eigenvalue weighted by atomic mass is 10.1. The second kappa shape index (κ2) is 6.40. The van der Waals surface area contributed by atoms with Crippen LogP contribution in [0.3, 0.4) is 0 Å². The van der Waals surface area contributed by atoms with E-state index in [0.29, 0.717) is 17.2 Å². The third-order valence-corrected chi connectivity index (χ3v) is 3.49. The Hall–Kier alpha value is -2.05. The molecule has 0 radical (unpaired) electrons. The standard InChI is InChI=1S/C14H15N3O2S/c1-9(18)12-8-20-14(16-12)17-13(19)11(15)7-10-5-3-2-4-6-10/h2-6,8,11H,7,15H2,1H3,(H,16,17,19)/t11-/m0/s1. The van der Waals surface area contributed by atoms with Crippen LogP contribution >= 0.6 is 11.3 Å². The lowest BCUT2D eigenvalue weighted by Gasteiger charge is -2.10. The molecule has 2 aromatic rings. The first kappa shape index (κ1) is 14.4. The number of aromatic nitrogens is 1. The van der Waals surface area contributed by atoms with E-state index in [1.165, 1.54) is 18.3 Å². The molecule has 0 aliphatic rings. The quantitative estimate of drug-likeness (QED) is 0.823. The number of amides is 1. The Morgan fingerprint density at radius 1 is 1.35 bits per heavy atom. The first-order valence-corrected chi connectivity index (χ1v) is 7.01. The number of nitrogens with two attached hydrogens (primary N) is 1. The number of ketones is 1. The third-order valence-electron chi connectivity index (χ3n) is 2.73. The fourth-order valence-electron chi connectivity index (χ4n) is 1.65. The number of nitrogens with one attached hydrogen (secondary N) is 1. The van der Waals surface area contributed by atoms with E-state index in [2.05, 4.69) is 10.3 Å². The summed E-state index contributed by atoms with van der Waals surface area (Å²) in [4.78, 5) is 27.1. The Labute approximate surface area is 120 Å². The topological polar surface area (TPSA) is 85.1 Å². The zero-order valence-electron chi connectivity index (χ0n) is 11.0. The highest BCUT2D eigenvalue weighted by atomic mass is 32.1. The number of carbonyl (C=O) groups is 2. The van der Waals surface area contributed by atoms with Gasteiger partial charge in [-0.05, 0) is 12.0 Å². The van der Waals surface area contributed by atoms with Crippen LogP contribution < -0.4 is 11.1 Å². The summed E-state index contributed by atoms with van der Waals surface area (Å²) < 4.78 is 0. The maximum atomic E-state index is 11.9. The van der Waals surface area contributed by atoms with E-state index in [9.17, 15) is 9.59 Å². The van der Waals surface area contributed by atoms with Gasteiger partial charge in [0.25, 0.3) is 0 Å². The summed E-state index contributed by atoms with van der Waals surface area (Å²) in [5, 5.41) is 4.63. The molecule has 1 heterocycles. The number of benzene rings is 1. The number of thiazole rings is 1. The minimum absolute atomic E-state index is 0.129. The van der Waals surface area contributed by atoms with Gasteiger partial charge in [0.2, 0.25) is 5.91 Å². The molecule has 1 aromatic heterocycles. The van der Waals surface area contributed by atoms with Gasteiger partial charge in [-0.1, -0.05) is 30.3 Å². The van der Waals surface area contributed by atoms with Crippen LogP contribution in [-0.4, -0.2) is 22.7 Å². The van der Waals surface area contributed by atoms with Crippen molar-refractivity contribution in [3.8, 4) is 0 Å². The maximum absolute atomic E-state index is 11.9. The number of anilines is 1. The minimum atomic E-state index is -0.651. The van der Waals surface area contributed by atoms with Crippen molar-refractivity contribution in [3.63, 3.8) is 0 Å². The summed E-state index contributed by atoms with van der Waals surface area (Å²) in [6, 6.07) is 8.91. The molecule has 0 saturated carbocycles. The van der Waals surface area contributed by atoms with E-state index in [1.54, 1.807) is 5.38 Å². The van der Waals surface area contributed by atoms with Gasteiger partial charge in [0, 0.05) is 12.3 Å². The van der Waals surface area contributed by atoms with Gasteiger partial charge in [0.05, 0.1) is 6.04 Å². The van der Waals surface area contributed by atoms with E-state index in [4.69, 9.17) is 5.73 Å². The predicted octanol–water partition coefficient (Wildman–Crippen LogP) is 1.85. The number of carbonyl (C=O) groups excluding carboxylic acids is 2. The zero-order chi connectivity index (χ0) is 14.5. The molecule has 0 bridgehead atoms. The van der Waals surface area contributed by atoms with E-state index in [0.717, 1.165) is 5.56 Å². The van der Waals surface area contributed by atoms with Gasteiger partial charge in [-0.2, -0.15) is 0 Å². The smallest absolute Gasteiger partial charge is 0.243 e. The molecule has 0 saturated heterocycles. The first-order chi connectivity index (χ1) is 9.56. The normalized spacial score (nSPS) is 11.9. The predicted molar refractivity (Wildman–Crippen MR) is 78.9 cm³/mol. The number of hydrogen-bond donors (Lipinski definition) is 2. The zero-order valence-corrected chi connectivity index (χ0v) is 11.8. The van der Waals surface area contributed by atoms with Gasteiger partial charge in [0.1, 0.15) is 5.69 Å². The molecule has 1 atom stereocenters. The second-order valence-corrected chi connectivity index (χ2v) is 5.24. The van der Waals surface area contributed by atoms with Gasteiger partial charge >= 0.3 is 0 Å². The molecule has 2 rings (SSSR count). The molecule has 104 valence electrons. The molecule has 1 amide bonds. The molecular formula is C14H15N3O2S. The lowest BCUT2D eigenvalue weighted by molar-refractivity contribution is -0.117. The third kappa shape index (κ3) is 3.72. The Kier molecular flexibility index (Phi) is 4.60. The minimum Gasteiger partial charge on any atom is -0.320 e. The van der Waals surface area contributed by atoms with Crippen molar-refractivity contribution in [3.05, 3.63) is 47.0 Å². The largest absolute Gasteiger partial charge is 0.320 e. The number of hydrogen-bond acceptors (Lipinski definition) is 5. The fraction of sp³-hybridized carbons (Fsp3) is 0.214. The van der Waals surface area contributed by atoms with Gasteiger partial charge < -0.3 is 11.1 Å². The average Bonchev–Trinajstić information content (AvgIpc) is 2.88. The summed E-state index contributed by atoms with van der Waals surface area (Å²) in [5.74, 6) is -0.436. The highest BCUT2D eigenvalue weighted by molar-refractivity contribution is 7.14. The monoisotopic (exact) mass is 289 g/mol. The first-order valence-electron chi connectivity index (χ1n) is 6.13. The summed E-state index contributed by atoms with van der Waals surface area (Å²) in [6.45, 7) is 1.43. The van der Waals surface area contributed by atoms with Crippen LogP contribution in [0.25, 0.3) is 0 Å². The molecule has 5 nitrogen and oxygen atoms in total. The molecular weight excluding hydrogens is 274 g/mol. The van der Waals surface area contributed by atoms with E-state index in [1.807, 2.05) is 30.3 Å². The molecule has 0 aliphatic carbocycles. The van der Waals surface area contributed by atoms with Crippen LogP contribution in [-0.2, 0) is 11.2 Å². The average molecular weight is 289 g/mol. The molecule has 6 heteroatoms. The number of rotatable bonds is 5. The molecule has 0 spiro atoms. The Bertz CT molecular complexity index is 610. The molecule has 20 heavy (non-hydrogen) atoms. The van der Waals surface area contributed by atoms with Gasteiger partial charge in [0.15, 0.2) is 10.9 Å². The van der Waals surface area contributed by atoms with Crippen LogP contribution in [0, 0.1) is 0 Å². The lowest BCUT2D eigenvalue weighted by Crippen LogP contribution is -2.37. The highest BCUT2D eigenvalue weighted by Crippen LogP contribution is 2.16. The molecule has 0 unspecified atom stereocenters. The van der Waals surface area contributed by atoms with Gasteiger partial charge in [-0.25, -0.2) is 4.98 Å². The van der Waals surface area contributed by atoms with Crippen molar-refractivity contribution in [2.75, 3.05) is 5.32 Å². The van der Waals surface area contributed by atoms with Crippen LogP contribution in [0.4, 0.5) is 5.13 Å². The van der Waals surface area contributed by atoms with Gasteiger partial charge in [-0.15, -0.1) is 11.3 Å². The highest BCUT2D eigenvalue weighted by Gasteiger charge is 2.16. The van der Waals surface area contributed by atoms with Crippen molar-refractivity contribution in [2.24, 2.45) is 5.73 Å². The molecule has 1 aromatic carbocycles. The second-order valence-electron chi connectivity index (χ2n) is 4.38. The van der Waals surface area contributed by atoms with Crippen molar-refractivity contribution < 1.29 is 9.59 Å². The summed E-state index contributed by atoms with van der Waals surface area (Å²) in [5.41, 5.74) is 7.21. The summed E-state index contributed by atoms with van der Waals surface area (Å²) >= 11 is 1.21. The van der Waals surface area contributed by atoms with Crippen LogP contribution in [0.5, 0.6) is 0 Å². The van der Waals surface area contributed by atoms with Crippen molar-refractivity contribution in [2.45, 2.75) is 19.4 Å². The van der Waals surface area contributed by atoms with E-state index in [-0.39, 0.29) is 11.7 Å². The van der Waals surface area contributed by atoms with Crippen LogP contribution in [0.2, 0.25) is 0 Å². The maximum Gasteiger partial charge on any atom is 0.243 e. The summed E-state index contributed by atoms with van der Waals surface area (Å²) in [6.07, 6.45) is 0.456. The Morgan fingerprint density at radius 2 is 2.05 bits per heavy atom. The van der Waals surface area contributed by atoms with Crippen LogP contribution in [0.1, 0.15) is 23.0 Å². The molecule has 0 fully saturated rings. The fourth-order valence-corrected chi connectivity index (χ4v) is 2.40.